The molecule has 0 bridgehead atoms. The minimum absolute atomic E-state index is 0.0359. The number of halogens is 1. The number of aryl methyl sites for hydroxylation is 1. The van der Waals surface area contributed by atoms with Crippen LogP contribution in [0.3, 0.4) is 0 Å². The third-order valence-electron chi connectivity index (χ3n) is 2.67. The fourth-order valence-corrected chi connectivity index (χ4v) is 1.82. The number of nitrogens with zero attached hydrogens (tertiary/aromatic N) is 1. The molecule has 0 saturated carbocycles. The Hall–Kier alpha value is -2.63. The van der Waals surface area contributed by atoms with Crippen molar-refractivity contribution < 1.29 is 19.2 Å². The highest BCUT2D eigenvalue weighted by Crippen LogP contribution is 2.25. The van der Waals surface area contributed by atoms with Crippen LogP contribution in [-0.4, -0.2) is 10.0 Å². The third kappa shape index (κ3) is 3.23. The van der Waals surface area contributed by atoms with Crippen LogP contribution in [0.5, 0.6) is 11.5 Å². The molecule has 0 spiro atoms. The molecule has 5 nitrogen and oxygen atoms in total. The molecule has 0 aliphatic heterocycles. The van der Waals surface area contributed by atoms with E-state index < -0.39 is 10.7 Å². The van der Waals surface area contributed by atoms with Gasteiger partial charge in [-0.1, -0.05) is 0 Å². The average Bonchev–Trinajstić information content (AvgIpc) is 2.35. The Balaban J connectivity index is 2.22. The molecule has 0 atom stereocenters. The molecule has 20 heavy (non-hydrogen) atoms. The first kappa shape index (κ1) is 13.8. The van der Waals surface area contributed by atoms with Crippen LogP contribution in [0.15, 0.2) is 36.4 Å². The molecular weight excluding hydrogens is 265 g/mol. The molecule has 0 radical (unpaired) electrons. The number of nitro groups is 1. The average molecular weight is 277 g/mol. The first-order valence-corrected chi connectivity index (χ1v) is 5.82. The summed E-state index contributed by atoms with van der Waals surface area (Å²) >= 11 is 0. The lowest BCUT2D eigenvalue weighted by atomic mass is 10.2. The fourth-order valence-electron chi connectivity index (χ4n) is 1.82. The van der Waals surface area contributed by atoms with Crippen molar-refractivity contribution in [3.8, 4) is 11.5 Å². The number of benzene rings is 2. The van der Waals surface area contributed by atoms with Gasteiger partial charge in [0.15, 0.2) is 0 Å². The zero-order valence-electron chi connectivity index (χ0n) is 10.7. The fraction of sp³-hybridized carbons (Fsp3) is 0.143. The lowest BCUT2D eigenvalue weighted by molar-refractivity contribution is -0.385. The van der Waals surface area contributed by atoms with Gasteiger partial charge >= 0.3 is 0 Å². The van der Waals surface area contributed by atoms with Crippen molar-refractivity contribution in [3.05, 3.63) is 63.5 Å². The highest BCUT2D eigenvalue weighted by atomic mass is 19.1. The predicted octanol–water partition coefficient (Wildman–Crippen LogP) is 3.33. The van der Waals surface area contributed by atoms with Crippen LogP contribution >= 0.6 is 0 Å². The molecule has 1 N–H and O–H groups in total. The van der Waals surface area contributed by atoms with Crippen molar-refractivity contribution in [1.29, 1.82) is 0 Å². The standard InChI is InChI=1S/C14H12FNO4/c1-9-4-12(17)7-13(5-9)20-8-10-6-11(15)2-3-14(10)16(18)19/h2-7,17H,8H2,1H3. The van der Waals surface area contributed by atoms with Crippen LogP contribution < -0.4 is 4.74 Å². The first-order chi connectivity index (χ1) is 9.45. The van der Waals surface area contributed by atoms with E-state index >= 15 is 0 Å². The number of hydrogen-bond acceptors (Lipinski definition) is 4. The lowest BCUT2D eigenvalue weighted by Crippen LogP contribution is -2.01. The number of rotatable bonds is 4. The molecule has 0 aromatic heterocycles. The van der Waals surface area contributed by atoms with Crippen LogP contribution in [0.1, 0.15) is 11.1 Å². The van der Waals surface area contributed by atoms with Crippen LogP contribution in [0.2, 0.25) is 0 Å². The van der Waals surface area contributed by atoms with Gasteiger partial charge in [-0.05, 0) is 36.8 Å². The van der Waals surface area contributed by atoms with E-state index in [1.165, 1.54) is 6.07 Å². The largest absolute Gasteiger partial charge is 0.508 e. The van der Waals surface area contributed by atoms with E-state index in [2.05, 4.69) is 0 Å². The number of ether oxygens (including phenoxy) is 1. The number of phenols is 1. The summed E-state index contributed by atoms with van der Waals surface area (Å²) in [6.45, 7) is 1.62. The zero-order valence-corrected chi connectivity index (χ0v) is 10.7. The quantitative estimate of drug-likeness (QED) is 0.687. The van der Waals surface area contributed by atoms with Gasteiger partial charge < -0.3 is 9.84 Å². The Morgan fingerprint density at radius 3 is 2.70 bits per heavy atom. The molecule has 0 saturated heterocycles. The maximum Gasteiger partial charge on any atom is 0.276 e. The molecule has 6 heteroatoms. The van der Waals surface area contributed by atoms with E-state index in [-0.39, 0.29) is 23.6 Å². The maximum atomic E-state index is 13.1. The van der Waals surface area contributed by atoms with Crippen LogP contribution in [0.4, 0.5) is 10.1 Å². The third-order valence-corrected chi connectivity index (χ3v) is 2.67. The Labute approximate surface area is 114 Å². The van der Waals surface area contributed by atoms with Crippen molar-refractivity contribution in [1.82, 2.24) is 0 Å². The van der Waals surface area contributed by atoms with Gasteiger partial charge in [0.2, 0.25) is 0 Å². The van der Waals surface area contributed by atoms with Gasteiger partial charge in [0.25, 0.3) is 5.69 Å². The SMILES string of the molecule is Cc1cc(O)cc(OCc2cc(F)ccc2[N+](=O)[O-])c1. The Kier molecular flexibility index (Phi) is 3.84. The minimum atomic E-state index is -0.591. The van der Waals surface area contributed by atoms with Gasteiger partial charge in [0.05, 0.1) is 10.5 Å². The Bertz CT molecular complexity index is 637. The summed E-state index contributed by atoms with van der Waals surface area (Å²) in [6.07, 6.45) is 0. The zero-order chi connectivity index (χ0) is 14.7. The van der Waals surface area contributed by atoms with Gasteiger partial charge in [-0.15, -0.1) is 0 Å². The highest BCUT2D eigenvalue weighted by Gasteiger charge is 2.15. The lowest BCUT2D eigenvalue weighted by Gasteiger charge is -2.08. The summed E-state index contributed by atoms with van der Waals surface area (Å²) in [7, 11) is 0. The van der Waals surface area contributed by atoms with Gasteiger partial charge in [0, 0.05) is 12.1 Å². The van der Waals surface area contributed by atoms with Crippen molar-refractivity contribution >= 4 is 5.69 Å². The maximum absolute atomic E-state index is 13.1. The molecule has 2 aromatic carbocycles. The van der Waals surface area contributed by atoms with Crippen molar-refractivity contribution in [2.75, 3.05) is 0 Å². The minimum Gasteiger partial charge on any atom is -0.508 e. The number of phenolic OH excluding ortho intramolecular Hbond substituents is 1. The van der Waals surface area contributed by atoms with Crippen LogP contribution in [0, 0.1) is 22.9 Å². The van der Waals surface area contributed by atoms with Crippen LogP contribution in [-0.2, 0) is 6.61 Å². The monoisotopic (exact) mass is 277 g/mol. The number of nitro benzene ring substituents is 1. The summed E-state index contributed by atoms with van der Waals surface area (Å²) in [5.74, 6) is -0.170. The van der Waals surface area contributed by atoms with Gasteiger partial charge in [-0.25, -0.2) is 4.39 Å². The molecule has 0 amide bonds. The summed E-state index contributed by atoms with van der Waals surface area (Å²) < 4.78 is 18.5. The molecular formula is C14H12FNO4. The molecule has 0 heterocycles. The molecule has 0 aliphatic carbocycles. The predicted molar refractivity (Wildman–Crippen MR) is 70.2 cm³/mol. The van der Waals surface area contributed by atoms with E-state index in [1.54, 1.807) is 19.1 Å². The summed E-state index contributed by atoms with van der Waals surface area (Å²) in [4.78, 5) is 10.2. The van der Waals surface area contributed by atoms with Crippen molar-refractivity contribution in [3.63, 3.8) is 0 Å². The van der Waals surface area contributed by atoms with Crippen molar-refractivity contribution in [2.24, 2.45) is 0 Å². The highest BCUT2D eigenvalue weighted by molar-refractivity contribution is 5.41. The molecule has 104 valence electrons. The van der Waals surface area contributed by atoms with Gasteiger partial charge in [-0.3, -0.25) is 10.1 Å². The normalized spacial score (nSPS) is 10.3. The first-order valence-electron chi connectivity index (χ1n) is 5.82. The number of aromatic hydroxyl groups is 1. The molecule has 0 aliphatic rings. The van der Waals surface area contributed by atoms with E-state index in [4.69, 9.17) is 4.74 Å². The Morgan fingerprint density at radius 2 is 2.05 bits per heavy atom. The molecule has 0 unspecified atom stereocenters. The van der Waals surface area contributed by atoms with Crippen molar-refractivity contribution in [2.45, 2.75) is 13.5 Å². The molecule has 2 rings (SSSR count). The second kappa shape index (κ2) is 5.56. The van der Waals surface area contributed by atoms with E-state index in [1.807, 2.05) is 0 Å². The molecule has 2 aromatic rings. The second-order valence-corrected chi connectivity index (χ2v) is 4.32. The van der Waals surface area contributed by atoms with Gasteiger partial charge in [-0.2, -0.15) is 0 Å². The molecule has 0 fully saturated rings. The van der Waals surface area contributed by atoms with Crippen LogP contribution in [0.25, 0.3) is 0 Å². The van der Waals surface area contributed by atoms with Gasteiger partial charge in [0.1, 0.15) is 23.9 Å². The summed E-state index contributed by atoms with van der Waals surface area (Å²) in [6, 6.07) is 7.80. The van der Waals surface area contributed by atoms with E-state index in [0.29, 0.717) is 5.75 Å². The Morgan fingerprint density at radius 1 is 1.30 bits per heavy atom. The van der Waals surface area contributed by atoms with E-state index in [0.717, 1.165) is 23.8 Å². The summed E-state index contributed by atoms with van der Waals surface area (Å²) in [5, 5.41) is 20.3. The topological polar surface area (TPSA) is 72.6 Å². The smallest absolute Gasteiger partial charge is 0.276 e. The second-order valence-electron chi connectivity index (χ2n) is 4.32. The summed E-state index contributed by atoms with van der Waals surface area (Å²) in [5.41, 5.74) is 0.716. The number of hydrogen-bond donors (Lipinski definition) is 1. The van der Waals surface area contributed by atoms with E-state index in [9.17, 15) is 19.6 Å².